The number of nitrogens with zero attached hydrogens (tertiary/aromatic N) is 8. The van der Waals surface area contributed by atoms with Crippen LogP contribution < -0.4 is 14.5 Å². The van der Waals surface area contributed by atoms with Crippen LogP contribution in [0.4, 0.5) is 21.8 Å². The summed E-state index contributed by atoms with van der Waals surface area (Å²) in [6.07, 6.45) is 1.16. The Morgan fingerprint density at radius 1 is 1.18 bits per heavy atom. The van der Waals surface area contributed by atoms with Crippen molar-refractivity contribution in [3.05, 3.63) is 23.7 Å². The summed E-state index contributed by atoms with van der Waals surface area (Å²) in [6.45, 7) is 8.82. The van der Waals surface area contributed by atoms with Crippen molar-refractivity contribution in [3.63, 3.8) is 0 Å². The largest absolute Gasteiger partial charge is 0.493 e. The van der Waals surface area contributed by atoms with Crippen LogP contribution in [0.3, 0.4) is 0 Å². The van der Waals surface area contributed by atoms with E-state index in [1.807, 2.05) is 17.9 Å². The molecule has 0 aliphatic carbocycles. The number of fused-ring (bicyclic) bond motifs is 1. The fourth-order valence-corrected chi connectivity index (χ4v) is 6.75. The second-order valence-electron chi connectivity index (χ2n) is 10.7. The molecule has 2 fully saturated rings. The van der Waals surface area contributed by atoms with Crippen LogP contribution in [0.25, 0.3) is 0 Å². The highest BCUT2D eigenvalue weighted by Crippen LogP contribution is 2.47. The van der Waals surface area contributed by atoms with Gasteiger partial charge in [0.1, 0.15) is 24.0 Å². The third kappa shape index (κ3) is 3.74. The summed E-state index contributed by atoms with van der Waals surface area (Å²) in [6, 6.07) is 2.90. The Morgan fingerprint density at radius 3 is 2.50 bits per heavy atom. The van der Waals surface area contributed by atoms with Gasteiger partial charge in [0, 0.05) is 55.2 Å². The fourth-order valence-electron chi connectivity index (χ4n) is 5.47. The van der Waals surface area contributed by atoms with Gasteiger partial charge in [-0.2, -0.15) is 5.26 Å². The van der Waals surface area contributed by atoms with Crippen LogP contribution in [0.2, 0.25) is 0 Å². The number of ether oxygens (including phenoxy) is 1. The number of carbonyl (C=O) groups is 1. The molecule has 3 atom stereocenters. The number of anilines is 3. The van der Waals surface area contributed by atoms with Crippen molar-refractivity contribution in [2.24, 2.45) is 0 Å². The van der Waals surface area contributed by atoms with Crippen molar-refractivity contribution in [2.45, 2.75) is 56.6 Å². The molecule has 12 nitrogen and oxygen atoms in total. The Morgan fingerprint density at radius 2 is 1.89 bits per heavy atom. The number of sulfone groups is 1. The van der Waals surface area contributed by atoms with Gasteiger partial charge in [-0.3, -0.25) is 4.79 Å². The lowest BCUT2D eigenvalue weighted by molar-refractivity contribution is -0.142. The van der Waals surface area contributed by atoms with Crippen molar-refractivity contribution in [1.82, 2.24) is 25.1 Å². The van der Waals surface area contributed by atoms with E-state index in [1.54, 1.807) is 13.0 Å². The molecule has 5 rings (SSSR count). The quantitative estimate of drug-likeness (QED) is 0.552. The lowest BCUT2D eigenvalue weighted by Gasteiger charge is -2.47. The van der Waals surface area contributed by atoms with E-state index in [9.17, 15) is 18.5 Å². The Balaban J connectivity index is 1.48. The number of rotatable bonds is 4. The highest BCUT2D eigenvalue weighted by molar-refractivity contribution is 7.94. The summed E-state index contributed by atoms with van der Waals surface area (Å²) in [5.74, 6) is 0.823. The average molecular weight is 545 g/mol. The van der Waals surface area contributed by atoms with E-state index in [1.165, 1.54) is 18.3 Å². The normalized spacial score (nSPS) is 27.3. The number of hydrogen-bond donors (Lipinski definition) is 0. The molecular weight excluding hydrogens is 515 g/mol. The Kier molecular flexibility index (Phi) is 5.97. The minimum atomic E-state index is -4.08. The maximum absolute atomic E-state index is 15.1. The van der Waals surface area contributed by atoms with Crippen LogP contribution in [0, 0.1) is 11.3 Å². The molecule has 2 saturated heterocycles. The summed E-state index contributed by atoms with van der Waals surface area (Å²) >= 11 is 0. The van der Waals surface area contributed by atoms with Crippen molar-refractivity contribution in [3.8, 4) is 11.8 Å². The molecule has 2 unspecified atom stereocenters. The predicted molar refractivity (Wildman–Crippen MR) is 136 cm³/mol. The van der Waals surface area contributed by atoms with Crippen molar-refractivity contribution in [1.29, 1.82) is 5.26 Å². The van der Waals surface area contributed by atoms with Gasteiger partial charge in [-0.25, -0.2) is 22.8 Å². The number of carbonyl (C=O) groups excluding carboxylic acids is 1. The summed E-state index contributed by atoms with van der Waals surface area (Å²) in [5.41, 5.74) is 0.555. The summed E-state index contributed by atoms with van der Waals surface area (Å²) in [5, 5.41) is 14.7. The van der Waals surface area contributed by atoms with E-state index in [0.29, 0.717) is 36.3 Å². The zero-order chi connectivity index (χ0) is 27.6. The molecule has 2 aromatic rings. The first-order chi connectivity index (χ1) is 17.8. The van der Waals surface area contributed by atoms with Crippen molar-refractivity contribution >= 4 is 33.2 Å². The second kappa shape index (κ2) is 8.72. The van der Waals surface area contributed by atoms with Gasteiger partial charge >= 0.3 is 0 Å². The number of aromatic nitrogens is 4. The number of halogens is 1. The Bertz CT molecular complexity index is 1460. The fraction of sp³-hybridized carbons (Fsp3) is 0.583. The second-order valence-corrected chi connectivity index (χ2v) is 13.0. The Hall–Kier alpha value is -3.60. The van der Waals surface area contributed by atoms with Gasteiger partial charge in [-0.05, 0) is 13.8 Å². The van der Waals surface area contributed by atoms with Gasteiger partial charge in [-0.1, -0.05) is 13.8 Å². The number of hydrogen-bond acceptors (Lipinski definition) is 11. The molecule has 5 heterocycles. The van der Waals surface area contributed by atoms with Crippen LogP contribution in [0.15, 0.2) is 12.4 Å². The van der Waals surface area contributed by atoms with Crippen LogP contribution in [0.5, 0.6) is 5.75 Å². The summed E-state index contributed by atoms with van der Waals surface area (Å²) in [4.78, 5) is 27.5. The highest BCUT2D eigenvalue weighted by Gasteiger charge is 2.61. The van der Waals surface area contributed by atoms with E-state index in [0.717, 1.165) is 5.56 Å². The number of alkyl halides is 1. The molecule has 38 heavy (non-hydrogen) atoms. The minimum absolute atomic E-state index is 0.0818. The Labute approximate surface area is 220 Å². The molecule has 3 aliphatic heterocycles. The first-order valence-electron chi connectivity index (χ1n) is 12.3. The molecule has 14 heteroatoms. The summed E-state index contributed by atoms with van der Waals surface area (Å²) < 4.78 is 44.5. The lowest BCUT2D eigenvalue weighted by Crippen LogP contribution is -2.66. The van der Waals surface area contributed by atoms with Crippen LogP contribution >= 0.6 is 0 Å². The maximum Gasteiger partial charge on any atom is 0.288 e. The molecule has 2 aromatic heterocycles. The topological polar surface area (TPSA) is 146 Å². The van der Waals surface area contributed by atoms with E-state index >= 15 is 4.39 Å². The molecule has 0 bridgehead atoms. The van der Waals surface area contributed by atoms with Gasteiger partial charge in [-0.15, -0.1) is 10.2 Å². The number of amides is 1. The lowest BCUT2D eigenvalue weighted by atomic mass is 9.87. The SMILES string of the molecule is COc1cc(N2CC(C)(C)c3c2ncnc3N2CC(C)N(C(=O)C3(F)CCS3(=O)=O)C[C@@H]2C)nnc1C#N. The first-order valence-corrected chi connectivity index (χ1v) is 13.9. The van der Waals surface area contributed by atoms with E-state index in [-0.39, 0.29) is 30.5 Å². The molecule has 0 N–H and O–H groups in total. The first kappa shape index (κ1) is 26.0. The molecule has 202 valence electrons. The zero-order valence-electron chi connectivity index (χ0n) is 21.8. The van der Waals surface area contributed by atoms with Gasteiger partial charge in [0.2, 0.25) is 5.69 Å². The molecule has 0 spiro atoms. The van der Waals surface area contributed by atoms with Gasteiger partial charge in [0.05, 0.1) is 12.9 Å². The van der Waals surface area contributed by atoms with Gasteiger partial charge < -0.3 is 19.4 Å². The van der Waals surface area contributed by atoms with Crippen molar-refractivity contribution < 1.29 is 22.3 Å². The standard InChI is InChI=1S/C24H29FN8O4S/c1-14-11-32(22(34)24(25)6-7-38(24,35)36)15(2)10-31(14)20-19-21(28-13-27-20)33(12-23(19,3)4)18-8-17(37-5)16(9-26)29-30-18/h8,13-15H,6-7,10-12H2,1-5H3/t14-,15?,24?/m0/s1. The molecule has 1 amide bonds. The predicted octanol–water partition coefficient (Wildman–Crippen LogP) is 1.49. The van der Waals surface area contributed by atoms with Crippen molar-refractivity contribution in [2.75, 3.05) is 42.3 Å². The number of nitriles is 1. The summed E-state index contributed by atoms with van der Waals surface area (Å²) in [7, 11) is -2.62. The van der Waals surface area contributed by atoms with Crippen LogP contribution in [-0.2, 0) is 20.0 Å². The van der Waals surface area contributed by atoms with Gasteiger partial charge in [0.15, 0.2) is 21.4 Å². The minimum Gasteiger partial charge on any atom is -0.493 e. The van der Waals surface area contributed by atoms with E-state index in [2.05, 4.69) is 38.9 Å². The van der Waals surface area contributed by atoms with Crippen LogP contribution in [-0.4, -0.2) is 89.0 Å². The molecule has 0 saturated carbocycles. The number of methoxy groups -OCH3 is 1. The molecule has 0 aromatic carbocycles. The maximum atomic E-state index is 15.1. The molecule has 3 aliphatic rings. The smallest absolute Gasteiger partial charge is 0.288 e. The van der Waals surface area contributed by atoms with E-state index < -0.39 is 32.2 Å². The van der Waals surface area contributed by atoms with Gasteiger partial charge in [0.25, 0.3) is 10.9 Å². The molecular formula is C24H29FN8O4S. The highest BCUT2D eigenvalue weighted by atomic mass is 32.2. The monoisotopic (exact) mass is 544 g/mol. The zero-order valence-corrected chi connectivity index (χ0v) is 22.7. The third-order valence-electron chi connectivity index (χ3n) is 7.67. The third-order valence-corrected chi connectivity index (χ3v) is 9.77. The van der Waals surface area contributed by atoms with Crippen LogP contribution in [0.1, 0.15) is 45.4 Å². The molecule has 0 radical (unpaired) electrons. The average Bonchev–Trinajstić information content (AvgIpc) is 3.18. The number of piperazine rings is 1. The van der Waals surface area contributed by atoms with E-state index in [4.69, 9.17) is 4.74 Å².